The number of hydrogen-bond donors (Lipinski definition) is 0. The average Bonchev–Trinajstić information content (AvgIpc) is 2.82. The molecule has 0 amide bonds. The van der Waals surface area contributed by atoms with E-state index >= 15 is 0 Å². The standard InChI is InChI=1S/C16H17N2O/c1-4-18-7-5-13(6-8-18)16-17-14-9-11(2)12(3)10-15(14)19-16/h5-10H,4H2,1-3H3/q+1. The highest BCUT2D eigenvalue weighted by Gasteiger charge is 2.10. The van der Waals surface area contributed by atoms with Crippen molar-refractivity contribution in [1.82, 2.24) is 4.98 Å². The summed E-state index contributed by atoms with van der Waals surface area (Å²) in [5.41, 5.74) is 5.25. The van der Waals surface area contributed by atoms with E-state index in [0.29, 0.717) is 5.89 Å². The molecular weight excluding hydrogens is 236 g/mol. The lowest BCUT2D eigenvalue weighted by atomic mass is 10.1. The van der Waals surface area contributed by atoms with Crippen LogP contribution in [0.25, 0.3) is 22.6 Å². The lowest BCUT2D eigenvalue weighted by Crippen LogP contribution is -2.30. The first-order valence-corrected chi connectivity index (χ1v) is 6.54. The van der Waals surface area contributed by atoms with Gasteiger partial charge in [0.25, 0.3) is 0 Å². The highest BCUT2D eigenvalue weighted by atomic mass is 16.3. The van der Waals surface area contributed by atoms with Gasteiger partial charge in [0, 0.05) is 17.7 Å². The van der Waals surface area contributed by atoms with Crippen LogP contribution in [0.1, 0.15) is 18.1 Å². The Bertz CT molecular complexity index is 687. The first kappa shape index (κ1) is 11.9. The molecular formula is C16H17N2O+. The summed E-state index contributed by atoms with van der Waals surface area (Å²) in [5, 5.41) is 0. The van der Waals surface area contributed by atoms with Crippen molar-refractivity contribution in [2.75, 3.05) is 0 Å². The molecule has 3 heteroatoms. The van der Waals surface area contributed by atoms with Crippen LogP contribution in [-0.4, -0.2) is 4.98 Å². The van der Waals surface area contributed by atoms with E-state index in [1.54, 1.807) is 0 Å². The molecule has 19 heavy (non-hydrogen) atoms. The van der Waals surface area contributed by atoms with E-state index in [1.165, 1.54) is 11.1 Å². The maximum atomic E-state index is 5.84. The summed E-state index contributed by atoms with van der Waals surface area (Å²) in [7, 11) is 0. The number of hydrogen-bond acceptors (Lipinski definition) is 2. The van der Waals surface area contributed by atoms with Crippen molar-refractivity contribution in [3.63, 3.8) is 0 Å². The summed E-state index contributed by atoms with van der Waals surface area (Å²) in [4.78, 5) is 4.56. The molecule has 0 spiro atoms. The average molecular weight is 253 g/mol. The first-order chi connectivity index (χ1) is 9.17. The van der Waals surface area contributed by atoms with Crippen LogP contribution < -0.4 is 4.57 Å². The predicted octanol–water partition coefficient (Wildman–Crippen LogP) is 3.42. The molecule has 0 fully saturated rings. The van der Waals surface area contributed by atoms with Gasteiger partial charge >= 0.3 is 0 Å². The minimum absolute atomic E-state index is 0.684. The van der Waals surface area contributed by atoms with Crippen LogP contribution in [0, 0.1) is 13.8 Å². The van der Waals surface area contributed by atoms with E-state index < -0.39 is 0 Å². The van der Waals surface area contributed by atoms with Gasteiger partial charge in [-0.3, -0.25) is 0 Å². The summed E-state index contributed by atoms with van der Waals surface area (Å²) in [5.74, 6) is 0.684. The fourth-order valence-electron chi connectivity index (χ4n) is 2.11. The molecule has 0 N–H and O–H groups in total. The summed E-state index contributed by atoms with van der Waals surface area (Å²) in [6, 6.07) is 8.20. The van der Waals surface area contributed by atoms with E-state index in [4.69, 9.17) is 4.42 Å². The predicted molar refractivity (Wildman–Crippen MR) is 74.8 cm³/mol. The van der Waals surface area contributed by atoms with Gasteiger partial charge in [0.1, 0.15) is 12.1 Å². The van der Waals surface area contributed by atoms with Crippen LogP contribution in [-0.2, 0) is 6.54 Å². The third kappa shape index (κ3) is 2.12. The molecule has 1 aromatic carbocycles. The van der Waals surface area contributed by atoms with Crippen molar-refractivity contribution >= 4 is 11.1 Å². The van der Waals surface area contributed by atoms with E-state index in [9.17, 15) is 0 Å². The Morgan fingerprint density at radius 1 is 1.11 bits per heavy atom. The van der Waals surface area contributed by atoms with Gasteiger partial charge in [-0.2, -0.15) is 0 Å². The first-order valence-electron chi connectivity index (χ1n) is 6.54. The Morgan fingerprint density at radius 2 is 1.79 bits per heavy atom. The zero-order chi connectivity index (χ0) is 13.4. The Balaban J connectivity index is 2.09. The van der Waals surface area contributed by atoms with Crippen LogP contribution in [0.2, 0.25) is 0 Å². The van der Waals surface area contributed by atoms with Gasteiger partial charge in [0.05, 0.1) is 0 Å². The number of aromatic nitrogens is 2. The monoisotopic (exact) mass is 253 g/mol. The molecule has 0 saturated carbocycles. The molecule has 2 heterocycles. The van der Waals surface area contributed by atoms with Crippen molar-refractivity contribution in [2.24, 2.45) is 0 Å². The number of fused-ring (bicyclic) bond motifs is 1. The number of nitrogens with zero attached hydrogens (tertiary/aromatic N) is 2. The Hall–Kier alpha value is -2.16. The van der Waals surface area contributed by atoms with E-state index in [-0.39, 0.29) is 0 Å². The molecule has 0 saturated heterocycles. The van der Waals surface area contributed by atoms with Crippen molar-refractivity contribution in [2.45, 2.75) is 27.3 Å². The van der Waals surface area contributed by atoms with Crippen LogP contribution in [0.4, 0.5) is 0 Å². The minimum atomic E-state index is 0.684. The lowest BCUT2D eigenvalue weighted by Gasteiger charge is -1.96. The van der Waals surface area contributed by atoms with Gasteiger partial charge < -0.3 is 4.42 Å². The second-order valence-corrected chi connectivity index (χ2v) is 4.84. The quantitative estimate of drug-likeness (QED) is 0.655. The molecule has 0 radical (unpaired) electrons. The Labute approximate surface area is 112 Å². The molecule has 0 aliphatic carbocycles. The molecule has 3 aromatic rings. The van der Waals surface area contributed by atoms with Gasteiger partial charge in [0.2, 0.25) is 5.89 Å². The van der Waals surface area contributed by atoms with Gasteiger partial charge in [-0.1, -0.05) is 0 Å². The molecule has 3 rings (SSSR count). The number of pyridine rings is 1. The van der Waals surface area contributed by atoms with Gasteiger partial charge in [-0.25, -0.2) is 9.55 Å². The largest absolute Gasteiger partial charge is 0.436 e. The fraction of sp³-hybridized carbons (Fsp3) is 0.250. The Morgan fingerprint density at radius 3 is 2.47 bits per heavy atom. The molecule has 0 aliphatic rings. The Kier molecular flexibility index (Phi) is 2.82. The second-order valence-electron chi connectivity index (χ2n) is 4.84. The minimum Gasteiger partial charge on any atom is -0.436 e. The van der Waals surface area contributed by atoms with E-state index in [0.717, 1.165) is 23.2 Å². The van der Waals surface area contributed by atoms with E-state index in [2.05, 4.69) is 42.5 Å². The molecule has 0 aliphatic heterocycles. The zero-order valence-corrected chi connectivity index (χ0v) is 11.5. The van der Waals surface area contributed by atoms with Crippen molar-refractivity contribution in [1.29, 1.82) is 0 Å². The van der Waals surface area contributed by atoms with Crippen LogP contribution in [0.15, 0.2) is 41.1 Å². The number of benzene rings is 1. The molecule has 3 nitrogen and oxygen atoms in total. The lowest BCUT2D eigenvalue weighted by molar-refractivity contribution is -0.693. The maximum Gasteiger partial charge on any atom is 0.227 e. The van der Waals surface area contributed by atoms with Crippen LogP contribution in [0.5, 0.6) is 0 Å². The smallest absolute Gasteiger partial charge is 0.227 e. The molecule has 96 valence electrons. The topological polar surface area (TPSA) is 29.9 Å². The summed E-state index contributed by atoms with van der Waals surface area (Å²) < 4.78 is 7.95. The second kappa shape index (κ2) is 4.50. The summed E-state index contributed by atoms with van der Waals surface area (Å²) in [6.07, 6.45) is 4.08. The van der Waals surface area contributed by atoms with Gasteiger partial charge in [-0.05, 0) is 44.0 Å². The zero-order valence-electron chi connectivity index (χ0n) is 11.5. The van der Waals surface area contributed by atoms with Crippen molar-refractivity contribution in [3.05, 3.63) is 47.8 Å². The number of rotatable bonds is 2. The summed E-state index contributed by atoms with van der Waals surface area (Å²) in [6.45, 7) is 7.26. The molecule has 0 atom stereocenters. The normalized spacial score (nSPS) is 11.1. The van der Waals surface area contributed by atoms with Crippen molar-refractivity contribution < 1.29 is 8.98 Å². The third-order valence-corrected chi connectivity index (χ3v) is 3.51. The van der Waals surface area contributed by atoms with Crippen molar-refractivity contribution in [3.8, 4) is 11.5 Å². The highest BCUT2D eigenvalue weighted by molar-refractivity contribution is 5.77. The van der Waals surface area contributed by atoms with Crippen LogP contribution in [0.3, 0.4) is 0 Å². The molecule has 2 aromatic heterocycles. The van der Waals surface area contributed by atoms with Gasteiger partial charge in [-0.15, -0.1) is 0 Å². The fourth-order valence-corrected chi connectivity index (χ4v) is 2.11. The SMILES string of the molecule is CC[n+]1ccc(-c2nc3cc(C)c(C)cc3o2)cc1. The molecule has 0 unspecified atom stereocenters. The maximum absolute atomic E-state index is 5.84. The highest BCUT2D eigenvalue weighted by Crippen LogP contribution is 2.25. The molecule has 0 bridgehead atoms. The van der Waals surface area contributed by atoms with Crippen LogP contribution >= 0.6 is 0 Å². The van der Waals surface area contributed by atoms with E-state index in [1.807, 2.05) is 24.5 Å². The third-order valence-electron chi connectivity index (χ3n) is 3.51. The number of oxazole rings is 1. The summed E-state index contributed by atoms with van der Waals surface area (Å²) >= 11 is 0. The van der Waals surface area contributed by atoms with Gasteiger partial charge in [0.15, 0.2) is 18.0 Å². The number of aryl methyl sites for hydroxylation is 3.